The number of hydrogen-bond donors (Lipinski definition) is 1. The number of carboxylic acid groups (broad SMARTS) is 1. The highest BCUT2D eigenvalue weighted by Crippen LogP contribution is 2.32. The van der Waals surface area contributed by atoms with Crippen molar-refractivity contribution in [3.63, 3.8) is 0 Å². The Kier molecular flexibility index (Phi) is 5.77. The number of aromatic nitrogens is 8. The number of carbonyl (C=O) groups is 1. The van der Waals surface area contributed by atoms with E-state index in [0.717, 1.165) is 36.5 Å². The maximum Gasteiger partial charge on any atom is 0.306 e. The molecule has 0 aromatic carbocycles. The molecule has 0 amide bonds. The van der Waals surface area contributed by atoms with E-state index in [4.69, 9.17) is 9.72 Å². The number of ether oxygens (including phenoxy) is 1. The molecule has 1 unspecified atom stereocenters. The van der Waals surface area contributed by atoms with Gasteiger partial charge in [0.25, 0.3) is 0 Å². The lowest BCUT2D eigenvalue weighted by molar-refractivity contribution is -0.143. The van der Waals surface area contributed by atoms with E-state index < -0.39 is 5.97 Å². The Morgan fingerprint density at radius 3 is 2.79 bits per heavy atom. The van der Waals surface area contributed by atoms with Gasteiger partial charge >= 0.3 is 5.97 Å². The molecule has 2 saturated carbocycles. The summed E-state index contributed by atoms with van der Waals surface area (Å²) in [4.78, 5) is 16.1. The largest absolute Gasteiger partial charge is 0.489 e. The van der Waals surface area contributed by atoms with Crippen LogP contribution in [0.2, 0.25) is 0 Å². The smallest absolute Gasteiger partial charge is 0.306 e. The van der Waals surface area contributed by atoms with Crippen LogP contribution in [0.25, 0.3) is 11.4 Å². The van der Waals surface area contributed by atoms with Crippen LogP contribution in [-0.4, -0.2) is 57.4 Å². The summed E-state index contributed by atoms with van der Waals surface area (Å²) < 4.78 is 9.68. The number of aliphatic carboxylic acids is 1. The Morgan fingerprint density at radius 2 is 2.03 bits per heavy atom. The second-order valence-corrected chi connectivity index (χ2v) is 9.13. The number of nitrogens with zero attached hydrogens (tertiary/aromatic N) is 8. The molecule has 174 valence electrons. The molecule has 1 N–H and O–H groups in total. The Balaban J connectivity index is 1.34. The number of tetrazole rings is 1. The minimum absolute atomic E-state index is 0.108. The first kappa shape index (κ1) is 21.5. The molecular formula is C22H28N8O3. The van der Waals surface area contributed by atoms with E-state index in [1.807, 2.05) is 30.8 Å². The molecule has 2 fully saturated rings. The van der Waals surface area contributed by atoms with E-state index in [0.29, 0.717) is 42.4 Å². The van der Waals surface area contributed by atoms with Gasteiger partial charge in [-0.05, 0) is 73.9 Å². The summed E-state index contributed by atoms with van der Waals surface area (Å²) in [5.74, 6) is 1.16. The van der Waals surface area contributed by atoms with Crippen molar-refractivity contribution in [1.82, 2.24) is 40.2 Å². The third-order valence-corrected chi connectivity index (χ3v) is 6.57. The normalized spacial score (nSPS) is 20.7. The molecule has 11 nitrogen and oxygen atoms in total. The van der Waals surface area contributed by atoms with E-state index >= 15 is 0 Å². The number of rotatable bonds is 8. The van der Waals surface area contributed by atoms with Gasteiger partial charge in [-0.3, -0.25) is 4.79 Å². The van der Waals surface area contributed by atoms with Gasteiger partial charge in [-0.15, -0.1) is 10.2 Å². The Morgan fingerprint density at radius 1 is 1.18 bits per heavy atom. The first-order chi connectivity index (χ1) is 16.0. The van der Waals surface area contributed by atoms with E-state index in [9.17, 15) is 9.90 Å². The van der Waals surface area contributed by atoms with Crippen molar-refractivity contribution in [2.45, 2.75) is 64.5 Å². The summed E-state index contributed by atoms with van der Waals surface area (Å²) >= 11 is 0. The maximum absolute atomic E-state index is 11.3. The molecule has 2 aliphatic rings. The minimum atomic E-state index is -0.744. The molecule has 33 heavy (non-hydrogen) atoms. The fraction of sp³-hybridized carbons (Fsp3) is 0.591. The van der Waals surface area contributed by atoms with Crippen molar-refractivity contribution in [2.75, 3.05) is 0 Å². The first-order valence-electron chi connectivity index (χ1n) is 11.5. The van der Waals surface area contributed by atoms with Crippen molar-refractivity contribution < 1.29 is 14.6 Å². The van der Waals surface area contributed by atoms with Gasteiger partial charge in [-0.1, -0.05) is 5.21 Å². The van der Waals surface area contributed by atoms with Gasteiger partial charge in [0.05, 0.1) is 35.6 Å². The number of aryl methyl sites for hydroxylation is 2. The van der Waals surface area contributed by atoms with Crippen LogP contribution in [0.1, 0.15) is 55.7 Å². The van der Waals surface area contributed by atoms with Gasteiger partial charge in [-0.2, -0.15) is 0 Å². The maximum atomic E-state index is 11.3. The van der Waals surface area contributed by atoms with Crippen molar-refractivity contribution in [3.8, 4) is 17.1 Å². The third kappa shape index (κ3) is 4.71. The van der Waals surface area contributed by atoms with E-state index in [2.05, 4.69) is 25.8 Å². The molecule has 0 radical (unpaired) electrons. The van der Waals surface area contributed by atoms with E-state index in [1.54, 1.807) is 4.68 Å². The van der Waals surface area contributed by atoms with Crippen LogP contribution < -0.4 is 4.74 Å². The van der Waals surface area contributed by atoms with Crippen LogP contribution in [-0.2, 0) is 24.8 Å². The summed E-state index contributed by atoms with van der Waals surface area (Å²) in [5.41, 5.74) is 2.99. The fourth-order valence-corrected chi connectivity index (χ4v) is 4.43. The van der Waals surface area contributed by atoms with Crippen LogP contribution in [0.4, 0.5) is 0 Å². The van der Waals surface area contributed by atoms with Gasteiger partial charge in [0.2, 0.25) is 0 Å². The number of hydrogen-bond acceptors (Lipinski definition) is 8. The third-order valence-electron chi connectivity index (χ3n) is 6.57. The van der Waals surface area contributed by atoms with Crippen LogP contribution >= 0.6 is 0 Å². The lowest BCUT2D eigenvalue weighted by atomic mass is 9.87. The van der Waals surface area contributed by atoms with Crippen LogP contribution in [0.5, 0.6) is 5.75 Å². The topological polar surface area (TPSA) is 134 Å². The van der Waals surface area contributed by atoms with E-state index in [1.165, 1.54) is 12.8 Å². The molecule has 5 rings (SSSR count). The predicted molar refractivity (Wildman–Crippen MR) is 116 cm³/mol. The van der Waals surface area contributed by atoms with Gasteiger partial charge in [0.1, 0.15) is 11.4 Å². The molecular weight excluding hydrogens is 424 g/mol. The lowest BCUT2D eigenvalue weighted by Crippen LogP contribution is -2.29. The Hall–Kier alpha value is -3.37. The Bertz CT molecular complexity index is 1150. The van der Waals surface area contributed by atoms with Gasteiger partial charge < -0.3 is 9.84 Å². The van der Waals surface area contributed by atoms with Crippen LogP contribution in [0, 0.1) is 18.8 Å². The molecule has 0 saturated heterocycles. The van der Waals surface area contributed by atoms with Crippen molar-refractivity contribution in [3.05, 3.63) is 29.3 Å². The lowest BCUT2D eigenvalue weighted by Gasteiger charge is -2.27. The summed E-state index contributed by atoms with van der Waals surface area (Å²) in [6, 6.07) is 3.76. The quantitative estimate of drug-likeness (QED) is 0.546. The highest BCUT2D eigenvalue weighted by atomic mass is 16.5. The summed E-state index contributed by atoms with van der Waals surface area (Å²) in [5, 5.41) is 30.1. The van der Waals surface area contributed by atoms with Crippen LogP contribution in [0.3, 0.4) is 0 Å². The van der Waals surface area contributed by atoms with Crippen LogP contribution in [0.15, 0.2) is 12.1 Å². The SMILES string of the molecule is Cc1nc(-c2nnn(C)c2Cn2nnnc2CC2CC2)ccc1OC1CCC[C@H](C(=O)O)C1. The summed E-state index contributed by atoms with van der Waals surface area (Å²) in [6.07, 6.45) is 6.21. The first-order valence-corrected chi connectivity index (χ1v) is 11.5. The predicted octanol–water partition coefficient (Wildman–Crippen LogP) is 2.20. The average Bonchev–Trinajstić information content (AvgIpc) is 3.40. The molecule has 3 heterocycles. The molecule has 2 atom stereocenters. The summed E-state index contributed by atoms with van der Waals surface area (Å²) in [6.45, 7) is 2.35. The number of pyridine rings is 1. The van der Waals surface area contributed by atoms with Crippen molar-refractivity contribution >= 4 is 5.97 Å². The standard InChI is InChI=1S/C22H28N8O3/c1-13-19(33-16-5-3-4-15(11-16)22(31)32)9-8-17(23-13)21-18(29(2)27-25-21)12-30-20(24-26-28-30)10-14-6-7-14/h8-9,14-16H,3-7,10-12H2,1-2H3,(H,31,32)/t15-,16?/m0/s1. The highest BCUT2D eigenvalue weighted by molar-refractivity contribution is 5.70. The van der Waals surface area contributed by atoms with Crippen molar-refractivity contribution in [1.29, 1.82) is 0 Å². The Labute approximate surface area is 191 Å². The molecule has 0 bridgehead atoms. The molecule has 11 heteroatoms. The monoisotopic (exact) mass is 452 g/mol. The molecule has 0 spiro atoms. The molecule has 0 aliphatic heterocycles. The van der Waals surface area contributed by atoms with E-state index in [-0.39, 0.29) is 12.0 Å². The second-order valence-electron chi connectivity index (χ2n) is 9.13. The fourth-order valence-electron chi connectivity index (χ4n) is 4.43. The highest BCUT2D eigenvalue weighted by Gasteiger charge is 2.29. The van der Waals surface area contributed by atoms with Gasteiger partial charge in [0, 0.05) is 13.5 Å². The molecule has 3 aromatic rings. The zero-order valence-corrected chi connectivity index (χ0v) is 18.9. The number of carboxylic acids is 1. The minimum Gasteiger partial charge on any atom is -0.489 e. The molecule has 2 aliphatic carbocycles. The second kappa shape index (κ2) is 8.87. The summed E-state index contributed by atoms with van der Waals surface area (Å²) in [7, 11) is 1.85. The molecule has 3 aromatic heterocycles. The van der Waals surface area contributed by atoms with Gasteiger partial charge in [-0.25, -0.2) is 14.3 Å². The average molecular weight is 453 g/mol. The van der Waals surface area contributed by atoms with Gasteiger partial charge in [0.15, 0.2) is 5.82 Å². The zero-order chi connectivity index (χ0) is 22.9. The zero-order valence-electron chi connectivity index (χ0n) is 18.9. The van der Waals surface area contributed by atoms with Crippen molar-refractivity contribution in [2.24, 2.45) is 18.9 Å².